The Kier molecular flexibility index (Phi) is 3.51. The Morgan fingerprint density at radius 2 is 2.00 bits per heavy atom. The zero-order chi connectivity index (χ0) is 12.9. The summed E-state index contributed by atoms with van der Waals surface area (Å²) >= 11 is 1.75. The van der Waals surface area contributed by atoms with E-state index in [4.69, 9.17) is 0 Å². The number of thiophene rings is 1. The lowest BCUT2D eigenvalue weighted by Gasteiger charge is -2.10. The Labute approximate surface area is 116 Å². The van der Waals surface area contributed by atoms with E-state index in [-0.39, 0.29) is 0 Å². The third-order valence-corrected chi connectivity index (χ3v) is 3.72. The molecule has 0 saturated heterocycles. The van der Waals surface area contributed by atoms with Crippen molar-refractivity contribution in [2.24, 2.45) is 0 Å². The molecule has 0 aliphatic heterocycles. The molecule has 3 aromatic rings. The van der Waals surface area contributed by atoms with E-state index in [2.05, 4.69) is 51.0 Å². The second kappa shape index (κ2) is 5.63. The van der Waals surface area contributed by atoms with Crippen molar-refractivity contribution >= 4 is 17.0 Å². The average molecular weight is 267 g/mol. The predicted molar refractivity (Wildman–Crippen MR) is 79.1 cm³/mol. The Morgan fingerprint density at radius 3 is 2.79 bits per heavy atom. The van der Waals surface area contributed by atoms with Gasteiger partial charge in [0.25, 0.3) is 0 Å². The summed E-state index contributed by atoms with van der Waals surface area (Å²) < 4.78 is 0. The molecule has 3 rings (SSSR count). The van der Waals surface area contributed by atoms with Crippen LogP contribution >= 0.6 is 11.3 Å². The standard InChI is InChI=1S/C15H13N3S/c1-2-5-14(13(4-1)15-6-3-9-19-15)17-10-12-7-8-16-11-18-12/h1-9,11,17H,10H2. The van der Waals surface area contributed by atoms with Crippen LogP contribution in [0.25, 0.3) is 10.4 Å². The molecule has 0 atom stereocenters. The molecule has 0 aliphatic rings. The van der Waals surface area contributed by atoms with Gasteiger partial charge >= 0.3 is 0 Å². The number of para-hydroxylation sites is 1. The number of nitrogens with one attached hydrogen (secondary N) is 1. The van der Waals surface area contributed by atoms with Crippen molar-refractivity contribution in [2.45, 2.75) is 6.54 Å². The Morgan fingerprint density at radius 1 is 1.05 bits per heavy atom. The first-order valence-electron chi connectivity index (χ1n) is 6.05. The van der Waals surface area contributed by atoms with Crippen LogP contribution < -0.4 is 5.32 Å². The summed E-state index contributed by atoms with van der Waals surface area (Å²) in [4.78, 5) is 9.41. The highest BCUT2D eigenvalue weighted by Gasteiger charge is 2.05. The van der Waals surface area contributed by atoms with Crippen molar-refractivity contribution in [1.82, 2.24) is 9.97 Å². The molecule has 0 unspecified atom stereocenters. The van der Waals surface area contributed by atoms with Gasteiger partial charge in [-0.25, -0.2) is 9.97 Å². The van der Waals surface area contributed by atoms with Gasteiger partial charge in [-0.2, -0.15) is 0 Å². The molecular weight excluding hydrogens is 254 g/mol. The van der Waals surface area contributed by atoms with Gasteiger partial charge in [0.05, 0.1) is 12.2 Å². The summed E-state index contributed by atoms with van der Waals surface area (Å²) in [7, 11) is 0. The molecule has 0 amide bonds. The molecule has 1 N–H and O–H groups in total. The molecule has 2 aromatic heterocycles. The smallest absolute Gasteiger partial charge is 0.115 e. The van der Waals surface area contributed by atoms with Crippen LogP contribution in [-0.4, -0.2) is 9.97 Å². The van der Waals surface area contributed by atoms with Gasteiger partial charge in [-0.3, -0.25) is 0 Å². The molecule has 0 radical (unpaired) electrons. The molecule has 0 saturated carbocycles. The number of hydrogen-bond donors (Lipinski definition) is 1. The van der Waals surface area contributed by atoms with Crippen LogP contribution in [-0.2, 0) is 6.54 Å². The molecule has 4 heteroatoms. The van der Waals surface area contributed by atoms with Crippen LogP contribution in [0.3, 0.4) is 0 Å². The summed E-state index contributed by atoms with van der Waals surface area (Å²) in [5.41, 5.74) is 3.34. The SMILES string of the molecule is c1csc(-c2ccccc2NCc2ccncn2)c1. The van der Waals surface area contributed by atoms with Crippen LogP contribution in [0.15, 0.2) is 60.4 Å². The number of anilines is 1. The van der Waals surface area contributed by atoms with Crippen LogP contribution in [0.5, 0.6) is 0 Å². The minimum atomic E-state index is 0.699. The number of aromatic nitrogens is 2. The first-order chi connectivity index (χ1) is 9.43. The van der Waals surface area contributed by atoms with E-state index in [0.717, 1.165) is 11.4 Å². The van der Waals surface area contributed by atoms with E-state index in [1.807, 2.05) is 12.1 Å². The molecule has 0 spiro atoms. The Bertz CT molecular complexity index is 636. The summed E-state index contributed by atoms with van der Waals surface area (Å²) in [6, 6.07) is 14.5. The number of hydrogen-bond acceptors (Lipinski definition) is 4. The van der Waals surface area contributed by atoms with E-state index >= 15 is 0 Å². The number of rotatable bonds is 4. The lowest BCUT2D eigenvalue weighted by molar-refractivity contribution is 1.01. The van der Waals surface area contributed by atoms with Gasteiger partial charge in [0.1, 0.15) is 6.33 Å². The van der Waals surface area contributed by atoms with Gasteiger partial charge in [0.2, 0.25) is 0 Å². The quantitative estimate of drug-likeness (QED) is 0.781. The molecule has 1 aromatic carbocycles. The van der Waals surface area contributed by atoms with E-state index in [0.29, 0.717) is 6.54 Å². The maximum absolute atomic E-state index is 4.22. The highest BCUT2D eigenvalue weighted by Crippen LogP contribution is 2.31. The van der Waals surface area contributed by atoms with E-state index in [1.165, 1.54) is 10.4 Å². The van der Waals surface area contributed by atoms with Gasteiger partial charge in [0.15, 0.2) is 0 Å². The van der Waals surface area contributed by atoms with Crippen LogP contribution in [0.4, 0.5) is 5.69 Å². The highest BCUT2D eigenvalue weighted by molar-refractivity contribution is 7.13. The van der Waals surface area contributed by atoms with Crippen molar-refractivity contribution in [1.29, 1.82) is 0 Å². The number of nitrogens with zero attached hydrogens (tertiary/aromatic N) is 2. The van der Waals surface area contributed by atoms with Gasteiger partial charge in [-0.1, -0.05) is 24.3 Å². The van der Waals surface area contributed by atoms with Gasteiger partial charge in [-0.05, 0) is 23.6 Å². The first-order valence-corrected chi connectivity index (χ1v) is 6.93. The molecule has 3 nitrogen and oxygen atoms in total. The molecule has 0 fully saturated rings. The molecule has 0 aliphatic carbocycles. The van der Waals surface area contributed by atoms with Crippen molar-refractivity contribution in [3.8, 4) is 10.4 Å². The van der Waals surface area contributed by atoms with Crippen molar-refractivity contribution < 1.29 is 0 Å². The van der Waals surface area contributed by atoms with E-state index in [9.17, 15) is 0 Å². The van der Waals surface area contributed by atoms with E-state index in [1.54, 1.807) is 23.9 Å². The maximum Gasteiger partial charge on any atom is 0.115 e. The fourth-order valence-corrected chi connectivity index (χ4v) is 2.66. The largest absolute Gasteiger partial charge is 0.379 e. The molecule has 19 heavy (non-hydrogen) atoms. The second-order valence-electron chi connectivity index (χ2n) is 4.08. The van der Waals surface area contributed by atoms with Crippen molar-refractivity contribution in [3.05, 3.63) is 66.1 Å². The normalized spacial score (nSPS) is 10.3. The summed E-state index contributed by atoms with van der Waals surface area (Å²) in [6.07, 6.45) is 3.33. The molecule has 0 bridgehead atoms. The maximum atomic E-state index is 4.22. The van der Waals surface area contributed by atoms with Gasteiger partial charge in [-0.15, -0.1) is 11.3 Å². The van der Waals surface area contributed by atoms with Crippen molar-refractivity contribution in [2.75, 3.05) is 5.32 Å². The third kappa shape index (κ3) is 2.80. The summed E-state index contributed by atoms with van der Waals surface area (Å²) in [6.45, 7) is 0.699. The lowest BCUT2D eigenvalue weighted by Crippen LogP contribution is -2.02. The zero-order valence-corrected chi connectivity index (χ0v) is 11.1. The minimum absolute atomic E-state index is 0.699. The van der Waals surface area contributed by atoms with Crippen molar-refractivity contribution in [3.63, 3.8) is 0 Å². The number of benzene rings is 1. The van der Waals surface area contributed by atoms with Gasteiger partial charge in [0, 0.05) is 22.3 Å². The third-order valence-electron chi connectivity index (χ3n) is 2.82. The Balaban J connectivity index is 1.82. The second-order valence-corrected chi connectivity index (χ2v) is 5.02. The van der Waals surface area contributed by atoms with Crippen LogP contribution in [0.2, 0.25) is 0 Å². The lowest BCUT2D eigenvalue weighted by atomic mass is 10.1. The first kappa shape index (κ1) is 11.9. The van der Waals surface area contributed by atoms with Gasteiger partial charge < -0.3 is 5.32 Å². The fraction of sp³-hybridized carbons (Fsp3) is 0.0667. The highest BCUT2D eigenvalue weighted by atomic mass is 32.1. The Hall–Kier alpha value is -2.20. The summed E-state index contributed by atoms with van der Waals surface area (Å²) in [5, 5.41) is 5.53. The molecular formula is C15H13N3S. The summed E-state index contributed by atoms with van der Waals surface area (Å²) in [5.74, 6) is 0. The van der Waals surface area contributed by atoms with Crippen LogP contribution in [0.1, 0.15) is 5.69 Å². The fourth-order valence-electron chi connectivity index (χ4n) is 1.89. The van der Waals surface area contributed by atoms with E-state index < -0.39 is 0 Å². The molecule has 94 valence electrons. The monoisotopic (exact) mass is 267 g/mol. The average Bonchev–Trinajstić information content (AvgIpc) is 3.01. The zero-order valence-electron chi connectivity index (χ0n) is 10.3. The predicted octanol–water partition coefficient (Wildman–Crippen LogP) is 3.82. The minimum Gasteiger partial charge on any atom is -0.379 e. The molecule has 2 heterocycles. The topological polar surface area (TPSA) is 37.8 Å². The van der Waals surface area contributed by atoms with Crippen LogP contribution in [0, 0.1) is 0 Å².